The van der Waals surface area contributed by atoms with E-state index in [4.69, 9.17) is 0 Å². The van der Waals surface area contributed by atoms with E-state index in [1.54, 1.807) is 0 Å². The molecule has 1 aromatic carbocycles. The molecule has 2 amide bonds. The summed E-state index contributed by atoms with van der Waals surface area (Å²) in [4.78, 5) is 26.7. The van der Waals surface area contributed by atoms with Crippen molar-refractivity contribution in [1.82, 2.24) is 4.90 Å². The van der Waals surface area contributed by atoms with Crippen molar-refractivity contribution in [2.45, 2.75) is 52.4 Å². The van der Waals surface area contributed by atoms with E-state index in [0.717, 1.165) is 56.3 Å². The van der Waals surface area contributed by atoms with Crippen LogP contribution in [0.3, 0.4) is 0 Å². The molecule has 0 aliphatic heterocycles. The summed E-state index contributed by atoms with van der Waals surface area (Å²) >= 11 is 0. The predicted octanol–water partition coefficient (Wildman–Crippen LogP) is 4.00. The molecule has 0 atom stereocenters. The van der Waals surface area contributed by atoms with Gasteiger partial charge in [-0.05, 0) is 56.7 Å². The summed E-state index contributed by atoms with van der Waals surface area (Å²) in [6.45, 7) is 4.99. The highest BCUT2D eigenvalue weighted by Crippen LogP contribution is 2.31. The first kappa shape index (κ1) is 18.5. The monoisotopic (exact) mass is 330 g/mol. The fourth-order valence-electron chi connectivity index (χ4n) is 3.39. The normalized spacial score (nSPS) is 20.5. The van der Waals surface area contributed by atoms with E-state index in [-0.39, 0.29) is 23.7 Å². The standard InChI is InChI=1S/C20H30N2O2/c1-4-5-13-22(3)20(24)17-11-9-16(10-12-17)19(23)21-18-8-6-7-15(2)14-18/h6-8,14,16-17H,4-5,9-13H2,1-3H3,(H,21,23). The fraction of sp³-hybridized carbons (Fsp3) is 0.600. The fourth-order valence-corrected chi connectivity index (χ4v) is 3.39. The lowest BCUT2D eigenvalue weighted by molar-refractivity contribution is -0.136. The number of nitrogens with one attached hydrogen (secondary N) is 1. The summed E-state index contributed by atoms with van der Waals surface area (Å²) in [5.41, 5.74) is 2.00. The zero-order chi connectivity index (χ0) is 17.5. The Morgan fingerprint density at radius 2 is 1.83 bits per heavy atom. The van der Waals surface area contributed by atoms with Crippen LogP contribution in [0.25, 0.3) is 0 Å². The molecule has 4 heteroatoms. The SMILES string of the molecule is CCCCN(C)C(=O)C1CCC(C(=O)Nc2cccc(C)c2)CC1. The Morgan fingerprint density at radius 3 is 2.46 bits per heavy atom. The quantitative estimate of drug-likeness (QED) is 0.857. The highest BCUT2D eigenvalue weighted by atomic mass is 16.2. The zero-order valence-electron chi connectivity index (χ0n) is 15.2. The van der Waals surface area contributed by atoms with Gasteiger partial charge >= 0.3 is 0 Å². The molecule has 0 spiro atoms. The number of carbonyl (C=O) groups is 2. The second-order valence-electron chi connectivity index (χ2n) is 7.02. The molecule has 1 fully saturated rings. The summed E-state index contributed by atoms with van der Waals surface area (Å²) in [6.07, 6.45) is 5.40. The van der Waals surface area contributed by atoms with Crippen molar-refractivity contribution in [2.75, 3.05) is 18.9 Å². The van der Waals surface area contributed by atoms with E-state index in [1.807, 2.05) is 43.1 Å². The number of aryl methyl sites for hydroxylation is 1. The van der Waals surface area contributed by atoms with Gasteiger partial charge in [-0.25, -0.2) is 0 Å². The van der Waals surface area contributed by atoms with Gasteiger partial charge in [-0.3, -0.25) is 9.59 Å². The molecule has 1 aromatic rings. The Hall–Kier alpha value is -1.84. The minimum Gasteiger partial charge on any atom is -0.346 e. The average Bonchev–Trinajstić information content (AvgIpc) is 2.59. The molecular weight excluding hydrogens is 300 g/mol. The highest BCUT2D eigenvalue weighted by molar-refractivity contribution is 5.92. The number of carbonyl (C=O) groups excluding carboxylic acids is 2. The Labute approximate surface area is 145 Å². The Balaban J connectivity index is 1.81. The van der Waals surface area contributed by atoms with Crippen LogP contribution in [0.15, 0.2) is 24.3 Å². The highest BCUT2D eigenvalue weighted by Gasteiger charge is 2.31. The molecule has 0 bridgehead atoms. The largest absolute Gasteiger partial charge is 0.346 e. The van der Waals surface area contributed by atoms with E-state index in [9.17, 15) is 9.59 Å². The van der Waals surface area contributed by atoms with Crippen LogP contribution in [0.2, 0.25) is 0 Å². The molecule has 0 heterocycles. The molecular formula is C20H30N2O2. The van der Waals surface area contributed by atoms with Gasteiger partial charge in [-0.2, -0.15) is 0 Å². The number of hydrogen-bond donors (Lipinski definition) is 1. The van der Waals surface area contributed by atoms with Crippen molar-refractivity contribution in [3.05, 3.63) is 29.8 Å². The number of benzene rings is 1. The van der Waals surface area contributed by atoms with Crippen LogP contribution >= 0.6 is 0 Å². The summed E-state index contributed by atoms with van der Waals surface area (Å²) in [6, 6.07) is 7.87. The van der Waals surface area contributed by atoms with Gasteiger partial charge in [0.1, 0.15) is 0 Å². The predicted molar refractivity (Wildman–Crippen MR) is 97.8 cm³/mol. The van der Waals surface area contributed by atoms with Crippen LogP contribution < -0.4 is 5.32 Å². The third-order valence-corrected chi connectivity index (χ3v) is 4.96. The van der Waals surface area contributed by atoms with Gasteiger partial charge in [-0.1, -0.05) is 25.5 Å². The first-order valence-corrected chi connectivity index (χ1v) is 9.13. The Bertz CT molecular complexity index is 563. The van der Waals surface area contributed by atoms with E-state index in [1.165, 1.54) is 0 Å². The van der Waals surface area contributed by atoms with Crippen LogP contribution in [0, 0.1) is 18.8 Å². The van der Waals surface area contributed by atoms with Gasteiger partial charge in [0.2, 0.25) is 11.8 Å². The summed E-state index contributed by atoms with van der Waals surface area (Å²) in [5, 5.41) is 3.01. The van der Waals surface area contributed by atoms with Crippen molar-refractivity contribution in [3.63, 3.8) is 0 Å². The van der Waals surface area contributed by atoms with Gasteiger partial charge in [0.05, 0.1) is 0 Å². The van der Waals surface area contributed by atoms with Gasteiger partial charge < -0.3 is 10.2 Å². The molecule has 1 aliphatic rings. The summed E-state index contributed by atoms with van der Waals surface area (Å²) < 4.78 is 0. The first-order valence-electron chi connectivity index (χ1n) is 9.13. The van der Waals surface area contributed by atoms with Crippen LogP contribution in [0.1, 0.15) is 51.0 Å². The number of unbranched alkanes of at least 4 members (excludes halogenated alkanes) is 1. The third kappa shape index (κ3) is 5.08. The number of hydrogen-bond acceptors (Lipinski definition) is 2. The molecule has 1 saturated carbocycles. The van der Waals surface area contributed by atoms with Crippen LogP contribution in [0.5, 0.6) is 0 Å². The van der Waals surface area contributed by atoms with Crippen molar-refractivity contribution in [3.8, 4) is 0 Å². The van der Waals surface area contributed by atoms with Crippen LogP contribution in [0.4, 0.5) is 5.69 Å². The summed E-state index contributed by atoms with van der Waals surface area (Å²) in [7, 11) is 1.90. The lowest BCUT2D eigenvalue weighted by Crippen LogP contribution is -2.37. The molecule has 24 heavy (non-hydrogen) atoms. The molecule has 4 nitrogen and oxygen atoms in total. The van der Waals surface area contributed by atoms with Gasteiger partial charge in [0, 0.05) is 31.1 Å². The van der Waals surface area contributed by atoms with E-state index >= 15 is 0 Å². The van der Waals surface area contributed by atoms with E-state index < -0.39 is 0 Å². The maximum absolute atomic E-state index is 12.4. The number of rotatable bonds is 6. The molecule has 0 unspecified atom stereocenters. The van der Waals surface area contributed by atoms with Crippen LogP contribution in [-0.4, -0.2) is 30.3 Å². The number of amides is 2. The molecule has 0 radical (unpaired) electrons. The molecule has 1 aliphatic carbocycles. The van der Waals surface area contributed by atoms with Crippen molar-refractivity contribution in [1.29, 1.82) is 0 Å². The summed E-state index contributed by atoms with van der Waals surface area (Å²) in [5.74, 6) is 0.456. The number of nitrogens with zero attached hydrogens (tertiary/aromatic N) is 1. The molecule has 132 valence electrons. The van der Waals surface area contributed by atoms with Crippen molar-refractivity contribution < 1.29 is 9.59 Å². The lowest BCUT2D eigenvalue weighted by atomic mass is 9.81. The first-order chi connectivity index (χ1) is 11.5. The van der Waals surface area contributed by atoms with Gasteiger partial charge in [0.25, 0.3) is 0 Å². The molecule has 2 rings (SSSR count). The lowest BCUT2D eigenvalue weighted by Gasteiger charge is -2.30. The molecule has 0 aromatic heterocycles. The van der Waals surface area contributed by atoms with Crippen molar-refractivity contribution >= 4 is 17.5 Å². The third-order valence-electron chi connectivity index (χ3n) is 4.96. The zero-order valence-corrected chi connectivity index (χ0v) is 15.2. The second-order valence-corrected chi connectivity index (χ2v) is 7.02. The second kappa shape index (κ2) is 8.86. The molecule has 0 saturated heterocycles. The van der Waals surface area contributed by atoms with E-state index in [0.29, 0.717) is 0 Å². The smallest absolute Gasteiger partial charge is 0.227 e. The average molecular weight is 330 g/mol. The van der Waals surface area contributed by atoms with E-state index in [2.05, 4.69) is 12.2 Å². The minimum atomic E-state index is 0.0236. The number of anilines is 1. The maximum Gasteiger partial charge on any atom is 0.227 e. The maximum atomic E-state index is 12.4. The van der Waals surface area contributed by atoms with Crippen LogP contribution in [-0.2, 0) is 9.59 Å². The van der Waals surface area contributed by atoms with Gasteiger partial charge in [-0.15, -0.1) is 0 Å². The van der Waals surface area contributed by atoms with Crippen molar-refractivity contribution in [2.24, 2.45) is 11.8 Å². The topological polar surface area (TPSA) is 49.4 Å². The minimum absolute atomic E-state index is 0.0236. The Kier molecular flexibility index (Phi) is 6.83. The Morgan fingerprint density at radius 1 is 1.17 bits per heavy atom. The molecule has 1 N–H and O–H groups in total. The van der Waals surface area contributed by atoms with Gasteiger partial charge in [0.15, 0.2) is 0 Å².